The van der Waals surface area contributed by atoms with Crippen LogP contribution < -0.4 is 5.32 Å². The maximum absolute atomic E-state index is 12.2. The Labute approximate surface area is 113 Å². The van der Waals surface area contributed by atoms with E-state index in [0.29, 0.717) is 0 Å². The van der Waals surface area contributed by atoms with Gasteiger partial charge in [-0.25, -0.2) is 12.7 Å². The minimum Gasteiger partial charge on any atom is -0.508 e. The lowest BCUT2D eigenvalue weighted by Crippen LogP contribution is -2.37. The Hall–Kier alpha value is -1.60. The molecule has 1 aromatic carbocycles. The van der Waals surface area contributed by atoms with Crippen molar-refractivity contribution in [3.8, 4) is 5.75 Å². The highest BCUT2D eigenvalue weighted by molar-refractivity contribution is 7.89. The Morgan fingerprint density at radius 1 is 1.47 bits per heavy atom. The summed E-state index contributed by atoms with van der Waals surface area (Å²) >= 11 is 0. The van der Waals surface area contributed by atoms with Crippen LogP contribution in [0.4, 0.5) is 0 Å². The Bertz CT molecular complexity index is 557. The Morgan fingerprint density at radius 3 is 2.63 bits per heavy atom. The molecule has 19 heavy (non-hydrogen) atoms. The predicted molar refractivity (Wildman–Crippen MR) is 71.2 cm³/mol. The van der Waals surface area contributed by atoms with Crippen molar-refractivity contribution in [1.82, 2.24) is 9.62 Å². The van der Waals surface area contributed by atoms with Gasteiger partial charge in [0.25, 0.3) is 0 Å². The van der Waals surface area contributed by atoms with E-state index in [1.165, 1.54) is 38.4 Å². The summed E-state index contributed by atoms with van der Waals surface area (Å²) in [6.07, 6.45) is 0. The van der Waals surface area contributed by atoms with Gasteiger partial charge in [-0.15, -0.1) is 0 Å². The fourth-order valence-corrected chi connectivity index (χ4v) is 2.94. The molecule has 1 atom stereocenters. The average Bonchev–Trinajstić information content (AvgIpc) is 2.37. The van der Waals surface area contributed by atoms with Crippen LogP contribution in [0.1, 0.15) is 6.92 Å². The van der Waals surface area contributed by atoms with Crippen LogP contribution in [0.3, 0.4) is 0 Å². The van der Waals surface area contributed by atoms with Crippen molar-refractivity contribution in [1.29, 1.82) is 0 Å². The average molecular weight is 286 g/mol. The fraction of sp³-hybridized carbons (Fsp3) is 0.417. The molecule has 2 N–H and O–H groups in total. The summed E-state index contributed by atoms with van der Waals surface area (Å²) in [4.78, 5) is 11.4. The number of hydrogen-bond acceptors (Lipinski definition) is 4. The lowest BCUT2D eigenvalue weighted by atomic mass is 10.2. The predicted octanol–water partition coefficient (Wildman–Crippen LogP) is 0.395. The quantitative estimate of drug-likeness (QED) is 0.820. The molecule has 0 saturated heterocycles. The highest BCUT2D eigenvalue weighted by Crippen LogP contribution is 2.19. The van der Waals surface area contributed by atoms with Gasteiger partial charge in [-0.1, -0.05) is 13.0 Å². The molecular formula is C12H18N2O4S. The van der Waals surface area contributed by atoms with Gasteiger partial charge < -0.3 is 10.4 Å². The molecule has 0 aliphatic rings. The maximum atomic E-state index is 12.2. The van der Waals surface area contributed by atoms with Gasteiger partial charge in [-0.05, 0) is 18.2 Å². The lowest BCUT2D eigenvalue weighted by molar-refractivity contribution is -0.124. The first-order valence-electron chi connectivity index (χ1n) is 5.76. The fourth-order valence-electron chi connectivity index (χ4n) is 1.64. The molecule has 106 valence electrons. The van der Waals surface area contributed by atoms with Gasteiger partial charge in [0.05, 0.1) is 4.90 Å². The van der Waals surface area contributed by atoms with Gasteiger partial charge in [0.15, 0.2) is 0 Å². The summed E-state index contributed by atoms with van der Waals surface area (Å²) in [5, 5.41) is 11.8. The normalized spacial score (nSPS) is 13.3. The van der Waals surface area contributed by atoms with E-state index in [4.69, 9.17) is 0 Å². The zero-order valence-corrected chi connectivity index (χ0v) is 11.9. The van der Waals surface area contributed by atoms with Crippen molar-refractivity contribution >= 4 is 15.9 Å². The number of nitrogens with one attached hydrogen (secondary N) is 1. The summed E-state index contributed by atoms with van der Waals surface area (Å²) in [5.41, 5.74) is 0. The van der Waals surface area contributed by atoms with Crippen molar-refractivity contribution in [2.45, 2.75) is 11.8 Å². The SMILES string of the molecule is CNC(=O)C(C)CN(C)S(=O)(=O)c1cccc(O)c1. The van der Waals surface area contributed by atoms with E-state index in [9.17, 15) is 18.3 Å². The van der Waals surface area contributed by atoms with Crippen molar-refractivity contribution in [3.63, 3.8) is 0 Å². The third-order valence-corrected chi connectivity index (χ3v) is 4.57. The molecule has 0 radical (unpaired) electrons. The molecule has 1 aromatic rings. The number of carbonyl (C=O) groups is 1. The van der Waals surface area contributed by atoms with Gasteiger partial charge >= 0.3 is 0 Å². The number of phenolic OH excluding ortho intramolecular Hbond substituents is 1. The van der Waals surface area contributed by atoms with Gasteiger partial charge in [0.1, 0.15) is 5.75 Å². The van der Waals surface area contributed by atoms with Crippen LogP contribution in [0.5, 0.6) is 5.75 Å². The molecule has 0 aliphatic heterocycles. The van der Waals surface area contributed by atoms with Gasteiger partial charge in [-0.3, -0.25) is 4.79 Å². The minimum absolute atomic E-state index is 0.000827. The third-order valence-electron chi connectivity index (χ3n) is 2.75. The maximum Gasteiger partial charge on any atom is 0.242 e. The third kappa shape index (κ3) is 3.68. The van der Waals surface area contributed by atoms with Gasteiger partial charge in [-0.2, -0.15) is 0 Å². The second kappa shape index (κ2) is 6.03. The second-order valence-electron chi connectivity index (χ2n) is 4.30. The van der Waals surface area contributed by atoms with E-state index in [1.54, 1.807) is 6.92 Å². The number of hydrogen-bond donors (Lipinski definition) is 2. The van der Waals surface area contributed by atoms with Crippen molar-refractivity contribution in [2.75, 3.05) is 20.6 Å². The number of amides is 1. The standard InChI is InChI=1S/C12H18N2O4S/c1-9(12(16)13-2)8-14(3)19(17,18)11-6-4-5-10(15)7-11/h4-7,9,15H,8H2,1-3H3,(H,13,16). The van der Waals surface area contributed by atoms with Gasteiger partial charge in [0, 0.05) is 26.6 Å². The lowest BCUT2D eigenvalue weighted by Gasteiger charge is -2.20. The second-order valence-corrected chi connectivity index (χ2v) is 6.34. The number of benzene rings is 1. The zero-order valence-electron chi connectivity index (χ0n) is 11.1. The minimum atomic E-state index is -3.70. The molecule has 6 nitrogen and oxygen atoms in total. The van der Waals surface area contributed by atoms with Crippen molar-refractivity contribution < 1.29 is 18.3 Å². The van der Waals surface area contributed by atoms with Crippen LogP contribution in [0.15, 0.2) is 29.2 Å². The molecule has 1 rings (SSSR count). The first-order valence-corrected chi connectivity index (χ1v) is 7.20. The molecule has 0 aromatic heterocycles. The van der Waals surface area contributed by atoms with E-state index in [-0.39, 0.29) is 23.1 Å². The summed E-state index contributed by atoms with van der Waals surface area (Å²) < 4.78 is 25.5. The van der Waals surface area contributed by atoms with Crippen molar-refractivity contribution in [2.24, 2.45) is 5.92 Å². The molecular weight excluding hydrogens is 268 g/mol. The summed E-state index contributed by atoms with van der Waals surface area (Å²) in [6.45, 7) is 1.71. The first kappa shape index (κ1) is 15.5. The van der Waals surface area contributed by atoms with Gasteiger partial charge in [0.2, 0.25) is 15.9 Å². The van der Waals surface area contributed by atoms with E-state index in [1.807, 2.05) is 0 Å². The van der Waals surface area contributed by atoms with Crippen LogP contribution in [-0.4, -0.2) is 44.4 Å². The molecule has 0 bridgehead atoms. The number of phenols is 1. The smallest absolute Gasteiger partial charge is 0.242 e. The number of carbonyl (C=O) groups excluding carboxylic acids is 1. The molecule has 7 heteroatoms. The number of rotatable bonds is 5. The van der Waals surface area contributed by atoms with Crippen LogP contribution in [-0.2, 0) is 14.8 Å². The molecule has 1 amide bonds. The van der Waals surface area contributed by atoms with E-state index in [0.717, 1.165) is 4.31 Å². The molecule has 1 unspecified atom stereocenters. The van der Waals surface area contributed by atoms with E-state index in [2.05, 4.69) is 5.32 Å². The van der Waals surface area contributed by atoms with E-state index < -0.39 is 15.9 Å². The Kier molecular flexibility index (Phi) is 4.90. The molecule has 0 saturated carbocycles. The van der Waals surface area contributed by atoms with Crippen LogP contribution >= 0.6 is 0 Å². The highest BCUT2D eigenvalue weighted by Gasteiger charge is 2.24. The monoisotopic (exact) mass is 286 g/mol. The van der Waals surface area contributed by atoms with Crippen LogP contribution in [0.25, 0.3) is 0 Å². The Balaban J connectivity index is 2.92. The zero-order chi connectivity index (χ0) is 14.6. The van der Waals surface area contributed by atoms with E-state index >= 15 is 0 Å². The topological polar surface area (TPSA) is 86.7 Å². The number of aromatic hydroxyl groups is 1. The molecule has 0 aliphatic carbocycles. The molecule has 0 spiro atoms. The summed E-state index contributed by atoms with van der Waals surface area (Å²) in [7, 11) is -0.801. The summed E-state index contributed by atoms with van der Waals surface area (Å²) in [6, 6.07) is 5.43. The number of nitrogens with zero attached hydrogens (tertiary/aromatic N) is 1. The Morgan fingerprint density at radius 2 is 2.11 bits per heavy atom. The summed E-state index contributed by atoms with van der Waals surface area (Å²) in [5.74, 6) is -0.797. The molecule has 0 fully saturated rings. The first-order chi connectivity index (χ1) is 8.78. The highest BCUT2D eigenvalue weighted by atomic mass is 32.2. The van der Waals surface area contributed by atoms with Crippen molar-refractivity contribution in [3.05, 3.63) is 24.3 Å². The largest absolute Gasteiger partial charge is 0.508 e. The molecule has 0 heterocycles. The van der Waals surface area contributed by atoms with Crippen LogP contribution in [0, 0.1) is 5.92 Å². The number of sulfonamides is 1. The van der Waals surface area contributed by atoms with Crippen LogP contribution in [0.2, 0.25) is 0 Å².